The normalized spacial score (nSPS) is 16.6. The molecule has 2 aromatic heterocycles. The maximum absolute atomic E-state index is 12.9. The van der Waals surface area contributed by atoms with Gasteiger partial charge in [-0.1, -0.05) is 23.8 Å². The highest BCUT2D eigenvalue weighted by molar-refractivity contribution is 7.80. The second-order valence-electron chi connectivity index (χ2n) is 10.00. The quantitative estimate of drug-likeness (QED) is 0.248. The van der Waals surface area contributed by atoms with Crippen LogP contribution in [0.1, 0.15) is 57.1 Å². The first-order valence-electron chi connectivity index (χ1n) is 13.1. The Morgan fingerprint density at radius 2 is 1.75 bits per heavy atom. The average molecular weight is 554 g/mol. The molecule has 3 N–H and O–H groups in total. The van der Waals surface area contributed by atoms with Gasteiger partial charge < -0.3 is 25.2 Å². The molecule has 1 saturated heterocycles. The third-order valence-electron chi connectivity index (χ3n) is 7.27. The van der Waals surface area contributed by atoms with Crippen LogP contribution in [0.15, 0.2) is 79.0 Å². The Hall–Kier alpha value is -4.50. The first-order valence-corrected chi connectivity index (χ1v) is 13.5. The van der Waals surface area contributed by atoms with Crippen LogP contribution in [0.2, 0.25) is 0 Å². The van der Waals surface area contributed by atoms with Crippen molar-refractivity contribution in [2.45, 2.75) is 39.3 Å². The van der Waals surface area contributed by atoms with E-state index in [0.717, 1.165) is 39.6 Å². The molecule has 2 aromatic carbocycles. The van der Waals surface area contributed by atoms with Gasteiger partial charge in [-0.05, 0) is 93.1 Å². The first kappa shape index (κ1) is 27.1. The number of hydrogen-bond donors (Lipinski definition) is 3. The number of carboxylic acid groups (broad SMARTS) is 1. The number of pyridine rings is 1. The van der Waals surface area contributed by atoms with Crippen LogP contribution < -0.4 is 10.6 Å². The predicted octanol–water partition coefficient (Wildman–Crippen LogP) is 5.50. The highest BCUT2D eigenvalue weighted by Gasteiger charge is 2.41. The number of carbonyl (C=O) groups is 2. The number of nitrogens with zero attached hydrogens (tertiary/aromatic N) is 3. The molecule has 40 heavy (non-hydrogen) atoms. The molecule has 5 rings (SSSR count). The molecule has 4 aromatic rings. The number of aromatic nitrogens is 2. The van der Waals surface area contributed by atoms with E-state index in [0.29, 0.717) is 11.7 Å². The summed E-state index contributed by atoms with van der Waals surface area (Å²) in [5.41, 5.74) is 6.93. The monoisotopic (exact) mass is 553 g/mol. The SMILES string of the molecule is Cc1ccc(NC(=O)CCN2C(=S)N[C@H](c3ccccn3)[C@@H]2c2cc(C)n(-c3ccc(C(=O)O)cc3)c2C)cc1. The molecule has 1 fully saturated rings. The second kappa shape index (κ2) is 11.3. The van der Waals surface area contributed by atoms with Crippen molar-refractivity contribution in [2.24, 2.45) is 0 Å². The summed E-state index contributed by atoms with van der Waals surface area (Å²) in [6.07, 6.45) is 2.03. The maximum atomic E-state index is 12.9. The summed E-state index contributed by atoms with van der Waals surface area (Å²) in [7, 11) is 0. The van der Waals surface area contributed by atoms with Gasteiger partial charge in [0.15, 0.2) is 5.11 Å². The van der Waals surface area contributed by atoms with Gasteiger partial charge in [-0.2, -0.15) is 0 Å². The van der Waals surface area contributed by atoms with Crippen molar-refractivity contribution in [3.05, 3.63) is 113 Å². The van der Waals surface area contributed by atoms with E-state index in [1.54, 1.807) is 18.3 Å². The van der Waals surface area contributed by atoms with Crippen LogP contribution in [0.4, 0.5) is 5.69 Å². The van der Waals surface area contributed by atoms with Crippen molar-refractivity contribution >= 4 is 34.9 Å². The van der Waals surface area contributed by atoms with E-state index in [1.165, 1.54) is 0 Å². The fourth-order valence-electron chi connectivity index (χ4n) is 5.30. The Balaban J connectivity index is 1.46. The molecule has 2 atom stereocenters. The fourth-order valence-corrected chi connectivity index (χ4v) is 5.64. The van der Waals surface area contributed by atoms with Gasteiger partial charge in [0, 0.05) is 41.9 Å². The number of aryl methyl sites for hydroxylation is 2. The van der Waals surface area contributed by atoms with Crippen molar-refractivity contribution in [2.75, 3.05) is 11.9 Å². The maximum Gasteiger partial charge on any atom is 0.335 e. The lowest BCUT2D eigenvalue weighted by molar-refractivity contribution is -0.116. The predicted molar refractivity (Wildman–Crippen MR) is 159 cm³/mol. The van der Waals surface area contributed by atoms with Crippen LogP contribution in [0, 0.1) is 20.8 Å². The zero-order valence-corrected chi connectivity index (χ0v) is 23.4. The molecule has 0 saturated carbocycles. The summed E-state index contributed by atoms with van der Waals surface area (Å²) in [4.78, 5) is 30.9. The zero-order chi connectivity index (χ0) is 28.4. The summed E-state index contributed by atoms with van der Waals surface area (Å²) in [5, 5.41) is 16.3. The number of amides is 1. The highest BCUT2D eigenvalue weighted by atomic mass is 32.1. The van der Waals surface area contributed by atoms with Crippen molar-refractivity contribution in [3.63, 3.8) is 0 Å². The van der Waals surface area contributed by atoms with E-state index in [4.69, 9.17) is 12.2 Å². The van der Waals surface area contributed by atoms with E-state index in [2.05, 4.69) is 31.2 Å². The van der Waals surface area contributed by atoms with Gasteiger partial charge in [0.1, 0.15) is 0 Å². The lowest BCUT2D eigenvalue weighted by Gasteiger charge is -2.28. The number of hydrogen-bond acceptors (Lipinski definition) is 4. The largest absolute Gasteiger partial charge is 0.478 e. The molecule has 1 aliphatic heterocycles. The first-order chi connectivity index (χ1) is 19.2. The van der Waals surface area contributed by atoms with Crippen LogP contribution >= 0.6 is 12.2 Å². The topological polar surface area (TPSA) is 99.5 Å². The van der Waals surface area contributed by atoms with E-state index < -0.39 is 5.97 Å². The molecule has 1 aliphatic rings. The van der Waals surface area contributed by atoms with Crippen molar-refractivity contribution < 1.29 is 14.7 Å². The van der Waals surface area contributed by atoms with E-state index >= 15 is 0 Å². The summed E-state index contributed by atoms with van der Waals surface area (Å²) in [6.45, 7) is 6.51. The van der Waals surface area contributed by atoms with E-state index in [9.17, 15) is 14.7 Å². The minimum atomic E-state index is -0.959. The van der Waals surface area contributed by atoms with Gasteiger partial charge in [0.25, 0.3) is 0 Å². The third kappa shape index (κ3) is 5.46. The van der Waals surface area contributed by atoms with E-state index in [-0.39, 0.29) is 30.0 Å². The highest BCUT2D eigenvalue weighted by Crippen LogP contribution is 2.41. The summed E-state index contributed by atoms with van der Waals surface area (Å²) in [5.74, 6) is -1.05. The number of benzene rings is 2. The number of carboxylic acids is 1. The average Bonchev–Trinajstić information content (AvgIpc) is 3.43. The number of rotatable bonds is 8. The van der Waals surface area contributed by atoms with Crippen molar-refractivity contribution in [1.29, 1.82) is 0 Å². The Labute approximate surface area is 238 Å². The number of nitrogens with one attached hydrogen (secondary N) is 2. The molecule has 3 heterocycles. The Morgan fingerprint density at radius 1 is 1.02 bits per heavy atom. The van der Waals surface area contributed by atoms with Gasteiger partial charge in [-0.3, -0.25) is 9.78 Å². The van der Waals surface area contributed by atoms with Gasteiger partial charge in [0.2, 0.25) is 5.91 Å². The van der Waals surface area contributed by atoms with Crippen LogP contribution in [0.3, 0.4) is 0 Å². The summed E-state index contributed by atoms with van der Waals surface area (Å²) in [6, 6.07) is 22.1. The van der Waals surface area contributed by atoms with Gasteiger partial charge >= 0.3 is 5.97 Å². The minimum Gasteiger partial charge on any atom is -0.478 e. The standard InChI is InChI=1S/C31H31N5O3S/c1-19-7-11-23(12-8-19)33-27(37)15-17-35-29(28(34-31(35)40)26-6-4-5-16-32-26)25-18-20(2)36(21(25)3)24-13-9-22(10-14-24)30(38)39/h4-14,16,18,28-29H,15,17H2,1-3H3,(H,33,37)(H,34,40)(H,38,39)/t28-,29+/m1/s1. The molecule has 0 unspecified atom stereocenters. The number of thiocarbonyl (C=S) groups is 1. The molecular formula is C31H31N5O3S. The summed E-state index contributed by atoms with van der Waals surface area (Å²) < 4.78 is 2.11. The molecule has 8 nitrogen and oxygen atoms in total. The van der Waals surface area contributed by atoms with Crippen LogP contribution in [0.25, 0.3) is 5.69 Å². The second-order valence-corrected chi connectivity index (χ2v) is 10.4. The van der Waals surface area contributed by atoms with Gasteiger partial charge in [-0.15, -0.1) is 0 Å². The van der Waals surface area contributed by atoms with Gasteiger partial charge in [-0.25, -0.2) is 4.79 Å². The van der Waals surface area contributed by atoms with Gasteiger partial charge in [0.05, 0.1) is 23.3 Å². The van der Waals surface area contributed by atoms with Crippen LogP contribution in [-0.4, -0.2) is 43.1 Å². The van der Waals surface area contributed by atoms with Crippen LogP contribution in [-0.2, 0) is 4.79 Å². The zero-order valence-electron chi connectivity index (χ0n) is 22.6. The molecule has 0 radical (unpaired) electrons. The molecule has 0 aliphatic carbocycles. The Morgan fingerprint density at radius 3 is 2.40 bits per heavy atom. The lowest BCUT2D eigenvalue weighted by atomic mass is 9.96. The number of aromatic carboxylic acids is 1. The van der Waals surface area contributed by atoms with Crippen LogP contribution in [0.5, 0.6) is 0 Å². The van der Waals surface area contributed by atoms with Crippen molar-refractivity contribution in [1.82, 2.24) is 19.8 Å². The molecule has 204 valence electrons. The van der Waals surface area contributed by atoms with Crippen molar-refractivity contribution in [3.8, 4) is 5.69 Å². The molecule has 9 heteroatoms. The number of anilines is 1. The fraction of sp³-hybridized carbons (Fsp3) is 0.226. The molecule has 0 bridgehead atoms. The molecule has 1 amide bonds. The third-order valence-corrected chi connectivity index (χ3v) is 7.63. The smallest absolute Gasteiger partial charge is 0.335 e. The summed E-state index contributed by atoms with van der Waals surface area (Å²) >= 11 is 5.80. The minimum absolute atomic E-state index is 0.0873. The Bertz CT molecular complexity index is 1550. The van der Waals surface area contributed by atoms with E-state index in [1.807, 2.05) is 75.4 Å². The Kier molecular flexibility index (Phi) is 7.66. The molecular weight excluding hydrogens is 522 g/mol. The molecule has 0 spiro atoms. The number of carbonyl (C=O) groups excluding carboxylic acids is 1. The lowest BCUT2D eigenvalue weighted by Crippen LogP contribution is -2.32.